The van der Waals surface area contributed by atoms with Gasteiger partial charge in [0.25, 0.3) is 0 Å². The fourth-order valence-corrected chi connectivity index (χ4v) is 17.9. The van der Waals surface area contributed by atoms with E-state index in [1.165, 1.54) is 12.7 Å². The van der Waals surface area contributed by atoms with Gasteiger partial charge in [-0.3, -0.25) is 28.3 Å². The number of carbonyl (C=O) groups excluding carboxylic acids is 4. The summed E-state index contributed by atoms with van der Waals surface area (Å²) in [6.45, 7) is 32.3. The van der Waals surface area contributed by atoms with Crippen molar-refractivity contribution in [3.63, 3.8) is 0 Å². The molecule has 0 aliphatic carbocycles. The highest BCUT2D eigenvalue weighted by Crippen LogP contribution is 2.43. The lowest BCUT2D eigenvalue weighted by molar-refractivity contribution is 0.103. The van der Waals surface area contributed by atoms with Crippen LogP contribution in [0.4, 0.5) is 0 Å². The molecule has 0 radical (unpaired) electrons. The molecule has 0 saturated carbocycles. The van der Waals surface area contributed by atoms with Gasteiger partial charge < -0.3 is 18.3 Å². The van der Waals surface area contributed by atoms with Gasteiger partial charge in [-0.15, -0.1) is 0 Å². The van der Waals surface area contributed by atoms with E-state index in [0.717, 1.165) is 156 Å². The molecule has 17 rings (SSSR count). The lowest BCUT2D eigenvalue weighted by Gasteiger charge is -2.13. The molecule has 0 unspecified atom stereocenters. The van der Waals surface area contributed by atoms with Crippen molar-refractivity contribution in [2.75, 3.05) is 0 Å². The third kappa shape index (κ3) is 11.1. The second-order valence-electron chi connectivity index (χ2n) is 29.9. The molecule has 8 heterocycles. The summed E-state index contributed by atoms with van der Waals surface area (Å²) >= 11 is 0. The number of aryl methyl sites for hydroxylation is 4. The number of hydrogen-bond acceptors (Lipinski definition) is 10. The van der Waals surface area contributed by atoms with E-state index < -0.39 is 0 Å². The standard InChI is InChI=1S/C96H82N12O4/c1-51-41-67(89(109)81-55(5)59(9)103(63(81)13)71-31-21-17-22-32-71)45-77-78-46-68(90(110)82-56(6)60(10)104(64(82)14)72-33-23-18-24-34-72)42-52(2)86(78)107(85(51)77)95-99-49-97-93(101-95)75-39-29-30-40-76(75)94-98-50-100-96(102-94)108-87-53(3)43-69(91(111)83-57(7)61(11)105(65(83)15)73-35-25-19-26-36-73)47-79(87)80-48-70(44-54(4)88(80)108)92(112)84-58(8)62(12)106(66(84)16)74-37-27-20-28-38-74/h17-50H,1-16H3. The molecule has 550 valence electrons. The molecule has 17 aromatic rings. The zero-order valence-electron chi connectivity index (χ0n) is 65.6. The summed E-state index contributed by atoms with van der Waals surface area (Å²) < 4.78 is 12.6. The first-order valence-corrected chi connectivity index (χ1v) is 37.8. The van der Waals surface area contributed by atoms with Crippen LogP contribution in [0.3, 0.4) is 0 Å². The third-order valence-corrected chi connectivity index (χ3v) is 23.4. The maximum absolute atomic E-state index is 15.5. The minimum absolute atomic E-state index is 0.115. The zero-order valence-corrected chi connectivity index (χ0v) is 65.6. The number of rotatable bonds is 16. The smallest absolute Gasteiger partial charge is 0.238 e. The van der Waals surface area contributed by atoms with E-state index >= 15 is 19.2 Å². The molecule has 0 atom stereocenters. The number of carbonyl (C=O) groups is 4. The van der Waals surface area contributed by atoms with Gasteiger partial charge in [-0.1, -0.05) is 97.1 Å². The van der Waals surface area contributed by atoms with Crippen LogP contribution in [-0.4, -0.2) is 80.4 Å². The van der Waals surface area contributed by atoms with E-state index in [1.54, 1.807) is 0 Å². The maximum Gasteiger partial charge on any atom is 0.238 e. The molecule has 112 heavy (non-hydrogen) atoms. The van der Waals surface area contributed by atoms with Crippen molar-refractivity contribution in [3.8, 4) is 57.4 Å². The van der Waals surface area contributed by atoms with Crippen LogP contribution in [0.5, 0.6) is 0 Å². The van der Waals surface area contributed by atoms with Crippen LogP contribution in [0.15, 0.2) is 207 Å². The highest BCUT2D eigenvalue weighted by molar-refractivity contribution is 6.22. The molecule has 8 aromatic heterocycles. The summed E-state index contributed by atoms with van der Waals surface area (Å²) in [5, 5.41) is 2.99. The minimum atomic E-state index is -0.115. The van der Waals surface area contributed by atoms with Crippen LogP contribution >= 0.6 is 0 Å². The predicted molar refractivity (Wildman–Crippen MR) is 445 cm³/mol. The van der Waals surface area contributed by atoms with E-state index in [1.807, 2.05) is 238 Å². The average Bonchev–Trinajstić information content (AvgIpc) is 1.56. The molecule has 9 aromatic carbocycles. The number of para-hydroxylation sites is 4. The van der Waals surface area contributed by atoms with E-state index in [9.17, 15) is 0 Å². The third-order valence-electron chi connectivity index (χ3n) is 23.4. The Kier molecular flexibility index (Phi) is 17.3. The highest BCUT2D eigenvalue weighted by atomic mass is 16.1. The van der Waals surface area contributed by atoms with Gasteiger partial charge in [0.1, 0.15) is 12.7 Å². The molecule has 0 amide bonds. The molecule has 0 bridgehead atoms. The van der Waals surface area contributed by atoms with E-state index in [-0.39, 0.29) is 23.1 Å². The Hall–Kier alpha value is -13.6. The molecule has 0 aliphatic heterocycles. The highest BCUT2D eigenvalue weighted by Gasteiger charge is 2.32. The van der Waals surface area contributed by atoms with Crippen LogP contribution in [0.25, 0.3) is 101 Å². The molecule has 0 saturated heterocycles. The predicted octanol–water partition coefficient (Wildman–Crippen LogP) is 20.6. The normalized spacial score (nSPS) is 11.7. The Morgan fingerprint density at radius 1 is 0.250 bits per heavy atom. The van der Waals surface area contributed by atoms with Gasteiger partial charge in [-0.25, -0.2) is 19.9 Å². The first-order chi connectivity index (χ1) is 53.9. The van der Waals surface area contributed by atoms with Gasteiger partial charge in [0, 0.05) is 145 Å². The zero-order chi connectivity index (χ0) is 78.3. The van der Waals surface area contributed by atoms with Gasteiger partial charge in [-0.05, 0) is 252 Å². The first kappa shape index (κ1) is 71.3. The van der Waals surface area contributed by atoms with Gasteiger partial charge in [0.2, 0.25) is 11.9 Å². The number of aromatic nitrogens is 12. The molecular weight excluding hydrogens is 1390 g/mol. The summed E-state index contributed by atoms with van der Waals surface area (Å²) in [6, 6.07) is 63.8. The van der Waals surface area contributed by atoms with Crippen LogP contribution in [0, 0.1) is 111 Å². The van der Waals surface area contributed by atoms with Gasteiger partial charge in [0.15, 0.2) is 34.8 Å². The van der Waals surface area contributed by atoms with Crippen molar-refractivity contribution in [2.45, 2.75) is 111 Å². The maximum atomic E-state index is 15.5. The second kappa shape index (κ2) is 27.2. The molecular formula is C96H82N12O4. The van der Waals surface area contributed by atoms with E-state index in [4.69, 9.17) is 29.9 Å². The van der Waals surface area contributed by atoms with Crippen LogP contribution in [0.2, 0.25) is 0 Å². The number of ketones is 4. The Bertz CT molecular complexity index is 6130. The van der Waals surface area contributed by atoms with Crippen LogP contribution in [0.1, 0.15) is 154 Å². The van der Waals surface area contributed by atoms with E-state index in [2.05, 4.69) is 94.5 Å². The lowest BCUT2D eigenvalue weighted by atomic mass is 9.94. The topological polar surface area (TPSA) is 175 Å². The molecule has 0 fully saturated rings. The Morgan fingerprint density at radius 3 is 0.705 bits per heavy atom. The summed E-state index contributed by atoms with van der Waals surface area (Å²) in [5.74, 6) is 0.813. The summed E-state index contributed by atoms with van der Waals surface area (Å²) in [7, 11) is 0. The Balaban J connectivity index is 0.814. The van der Waals surface area contributed by atoms with Crippen LogP contribution < -0.4 is 0 Å². The van der Waals surface area contributed by atoms with Gasteiger partial charge >= 0.3 is 0 Å². The summed E-state index contributed by atoms with van der Waals surface area (Å²) in [6.07, 6.45) is 3.02. The average molecular weight is 1470 g/mol. The molecule has 0 N–H and O–H groups in total. The molecule has 16 heteroatoms. The largest absolute Gasteiger partial charge is 0.317 e. The van der Waals surface area contributed by atoms with Crippen molar-refractivity contribution < 1.29 is 19.2 Å². The van der Waals surface area contributed by atoms with Crippen LogP contribution in [-0.2, 0) is 0 Å². The first-order valence-electron chi connectivity index (χ1n) is 37.8. The van der Waals surface area contributed by atoms with Crippen molar-refractivity contribution in [1.82, 2.24) is 57.3 Å². The van der Waals surface area contributed by atoms with Crippen molar-refractivity contribution >= 4 is 66.7 Å². The molecule has 0 aliphatic rings. The summed E-state index contributed by atoms with van der Waals surface area (Å²) in [5.41, 5.74) is 26.7. The van der Waals surface area contributed by atoms with Gasteiger partial charge in [0.05, 0.1) is 22.1 Å². The molecule has 16 nitrogen and oxygen atoms in total. The Morgan fingerprint density at radius 2 is 0.473 bits per heavy atom. The lowest BCUT2D eigenvalue weighted by Crippen LogP contribution is -2.09. The number of fused-ring (bicyclic) bond motifs is 6. The quantitative estimate of drug-likeness (QED) is 0.0847. The Labute approximate surface area is 649 Å². The van der Waals surface area contributed by atoms with Crippen molar-refractivity contribution in [3.05, 3.63) is 341 Å². The number of benzene rings is 9. The molecule has 0 spiro atoms. The van der Waals surface area contributed by atoms with E-state index in [0.29, 0.717) is 79.2 Å². The fraction of sp³-hybridized carbons (Fsp3) is 0.167. The number of nitrogens with zero attached hydrogens (tertiary/aromatic N) is 12. The van der Waals surface area contributed by atoms with Crippen molar-refractivity contribution in [1.29, 1.82) is 0 Å². The second-order valence-corrected chi connectivity index (χ2v) is 29.9. The number of hydrogen-bond donors (Lipinski definition) is 0. The van der Waals surface area contributed by atoms with Crippen molar-refractivity contribution in [2.24, 2.45) is 0 Å². The fourth-order valence-electron chi connectivity index (χ4n) is 17.9. The van der Waals surface area contributed by atoms with Gasteiger partial charge in [-0.2, -0.15) is 9.97 Å². The monoisotopic (exact) mass is 1470 g/mol. The SMILES string of the molecule is Cc1c(C(=O)c2cc(C)c3c(c2)c2cc(C(=O)c4c(C)c(C)n(-c5ccccc5)c4C)cc(C)c2n3-c2ncnc(-c3ccccc3-c3ncnc(-n4c5c(C)cc(C(=O)c6c(C)c(C)n(-c7ccccc7)c6C)cc5c5cc(C(=O)c6c(C)c(C)n(-c7ccccc7)c6C)cc(C)c54)n3)n2)c(C)n(-c2ccccc2)c1C. The minimum Gasteiger partial charge on any atom is -0.317 e. The summed E-state index contributed by atoms with van der Waals surface area (Å²) in [4.78, 5) is 92.5.